The second-order valence-electron chi connectivity index (χ2n) is 7.28. The lowest BCUT2D eigenvalue weighted by atomic mass is 9.95. The van der Waals surface area contributed by atoms with Crippen molar-refractivity contribution in [1.82, 2.24) is 4.98 Å². The van der Waals surface area contributed by atoms with Gasteiger partial charge < -0.3 is 5.11 Å². The van der Waals surface area contributed by atoms with E-state index in [0.717, 1.165) is 33.5 Å². The molecule has 3 aromatic carbocycles. The highest BCUT2D eigenvalue weighted by Gasteiger charge is 2.18. The van der Waals surface area contributed by atoms with Gasteiger partial charge in [-0.15, -0.1) is 0 Å². The fraction of sp³-hybridized carbons (Fsp3) is 0.0385. The summed E-state index contributed by atoms with van der Waals surface area (Å²) >= 11 is 5.88. The van der Waals surface area contributed by atoms with Crippen LogP contribution in [-0.2, 0) is 0 Å². The number of aliphatic hydroxyl groups excluding tert-OH is 1. The van der Waals surface area contributed by atoms with E-state index in [4.69, 9.17) is 11.6 Å². The number of fused-ring (bicyclic) bond motifs is 3. The molecule has 1 unspecified atom stereocenters. The van der Waals surface area contributed by atoms with Gasteiger partial charge in [-0.1, -0.05) is 72.3 Å². The number of rotatable bonds is 2. The predicted molar refractivity (Wildman–Crippen MR) is 122 cm³/mol. The predicted octanol–water partition coefficient (Wildman–Crippen LogP) is 6.76. The van der Waals surface area contributed by atoms with E-state index >= 15 is 0 Å². The highest BCUT2D eigenvalue weighted by Crippen LogP contribution is 2.33. The summed E-state index contributed by atoms with van der Waals surface area (Å²) in [5.41, 5.74) is 6.12. The molecule has 146 valence electrons. The fourth-order valence-electron chi connectivity index (χ4n) is 3.75. The molecular weight excluding hydrogens is 397 g/mol. The molecular formula is C26H17ClFNO. The summed E-state index contributed by atoms with van der Waals surface area (Å²) in [7, 11) is 0. The molecule has 0 radical (unpaired) electrons. The van der Waals surface area contributed by atoms with Crippen LogP contribution in [0.25, 0.3) is 35.2 Å². The van der Waals surface area contributed by atoms with E-state index in [9.17, 15) is 9.50 Å². The maximum atomic E-state index is 13.6. The Morgan fingerprint density at radius 2 is 1.67 bits per heavy atom. The molecule has 1 aliphatic rings. The van der Waals surface area contributed by atoms with E-state index in [1.165, 1.54) is 12.1 Å². The van der Waals surface area contributed by atoms with Gasteiger partial charge in [-0.2, -0.15) is 0 Å². The molecule has 4 aromatic rings. The SMILES string of the molecule is OC1c2ccccc2C=Cc2ccc(/C=C/c3ccc4cc(F)c(Cl)cc4n3)cc21. The van der Waals surface area contributed by atoms with Crippen LogP contribution < -0.4 is 0 Å². The van der Waals surface area contributed by atoms with E-state index in [1.807, 2.05) is 78.9 Å². The topological polar surface area (TPSA) is 33.1 Å². The monoisotopic (exact) mass is 413 g/mol. The molecule has 1 atom stereocenters. The third-order valence-electron chi connectivity index (χ3n) is 5.34. The quantitative estimate of drug-likeness (QED) is 0.393. The van der Waals surface area contributed by atoms with Crippen molar-refractivity contribution < 1.29 is 9.50 Å². The Morgan fingerprint density at radius 3 is 2.53 bits per heavy atom. The van der Waals surface area contributed by atoms with Crippen LogP contribution in [-0.4, -0.2) is 10.1 Å². The maximum Gasteiger partial charge on any atom is 0.142 e. The minimum Gasteiger partial charge on any atom is -0.384 e. The zero-order valence-electron chi connectivity index (χ0n) is 15.9. The van der Waals surface area contributed by atoms with Gasteiger partial charge in [0, 0.05) is 5.39 Å². The smallest absolute Gasteiger partial charge is 0.142 e. The number of halogens is 2. The van der Waals surface area contributed by atoms with Crippen LogP contribution in [0.3, 0.4) is 0 Å². The molecule has 0 aliphatic heterocycles. The van der Waals surface area contributed by atoms with Gasteiger partial charge in [0.15, 0.2) is 0 Å². The summed E-state index contributed by atoms with van der Waals surface area (Å²) < 4.78 is 13.6. The van der Waals surface area contributed by atoms with Crippen LogP contribution in [0.5, 0.6) is 0 Å². The molecule has 30 heavy (non-hydrogen) atoms. The van der Waals surface area contributed by atoms with Crippen molar-refractivity contribution in [2.75, 3.05) is 0 Å². The summed E-state index contributed by atoms with van der Waals surface area (Å²) in [6, 6.07) is 20.5. The number of nitrogens with zero attached hydrogens (tertiary/aromatic N) is 1. The first kappa shape index (κ1) is 18.7. The van der Waals surface area contributed by atoms with Gasteiger partial charge in [0.1, 0.15) is 11.9 Å². The summed E-state index contributed by atoms with van der Waals surface area (Å²) in [4.78, 5) is 4.54. The van der Waals surface area contributed by atoms with E-state index in [-0.39, 0.29) is 5.02 Å². The number of hydrogen-bond acceptors (Lipinski definition) is 2. The van der Waals surface area contributed by atoms with Crippen LogP contribution in [0.1, 0.15) is 39.6 Å². The minimum atomic E-state index is -0.685. The lowest BCUT2D eigenvalue weighted by molar-refractivity contribution is 0.220. The molecule has 1 aliphatic carbocycles. The van der Waals surface area contributed by atoms with Crippen molar-refractivity contribution >= 4 is 46.8 Å². The number of aliphatic hydroxyl groups is 1. The second-order valence-corrected chi connectivity index (χ2v) is 7.69. The summed E-state index contributed by atoms with van der Waals surface area (Å²) in [6.07, 6.45) is 7.23. The summed E-state index contributed by atoms with van der Waals surface area (Å²) in [6.45, 7) is 0. The average molecular weight is 414 g/mol. The van der Waals surface area contributed by atoms with Crippen LogP contribution in [0.2, 0.25) is 5.02 Å². The Morgan fingerprint density at radius 1 is 0.867 bits per heavy atom. The molecule has 1 aromatic heterocycles. The van der Waals surface area contributed by atoms with Gasteiger partial charge in [-0.05, 0) is 58.2 Å². The Bertz CT molecular complexity index is 1340. The lowest BCUT2D eigenvalue weighted by Crippen LogP contribution is -2.02. The second kappa shape index (κ2) is 7.52. The van der Waals surface area contributed by atoms with E-state index in [1.54, 1.807) is 0 Å². The van der Waals surface area contributed by atoms with Gasteiger partial charge in [-0.25, -0.2) is 9.37 Å². The number of aromatic nitrogens is 1. The third-order valence-corrected chi connectivity index (χ3v) is 5.63. The van der Waals surface area contributed by atoms with Gasteiger partial charge >= 0.3 is 0 Å². The van der Waals surface area contributed by atoms with Crippen molar-refractivity contribution in [2.45, 2.75) is 6.10 Å². The van der Waals surface area contributed by atoms with Crippen LogP contribution in [0.4, 0.5) is 4.39 Å². The first-order chi connectivity index (χ1) is 14.6. The Hall–Kier alpha value is -3.27. The van der Waals surface area contributed by atoms with Crippen molar-refractivity contribution in [3.63, 3.8) is 0 Å². The van der Waals surface area contributed by atoms with E-state index < -0.39 is 11.9 Å². The van der Waals surface area contributed by atoms with Gasteiger partial charge in [0.25, 0.3) is 0 Å². The molecule has 0 saturated carbocycles. The summed E-state index contributed by atoms with van der Waals surface area (Å²) in [5, 5.41) is 11.7. The van der Waals surface area contributed by atoms with Crippen molar-refractivity contribution in [2.24, 2.45) is 0 Å². The average Bonchev–Trinajstić information content (AvgIpc) is 2.90. The normalized spacial score (nSPS) is 15.2. The molecule has 5 rings (SSSR count). The summed E-state index contributed by atoms with van der Waals surface area (Å²) in [5.74, 6) is -0.451. The van der Waals surface area contributed by atoms with Crippen LogP contribution >= 0.6 is 11.6 Å². The number of benzene rings is 3. The van der Waals surface area contributed by atoms with Gasteiger partial charge in [0.05, 0.1) is 16.2 Å². The molecule has 0 spiro atoms. The fourth-order valence-corrected chi connectivity index (χ4v) is 3.91. The molecule has 0 saturated heterocycles. The minimum absolute atomic E-state index is 0.0594. The molecule has 1 N–H and O–H groups in total. The third kappa shape index (κ3) is 3.43. The number of hydrogen-bond donors (Lipinski definition) is 1. The van der Waals surface area contributed by atoms with Crippen molar-refractivity contribution in [3.05, 3.63) is 111 Å². The largest absolute Gasteiger partial charge is 0.384 e. The Kier molecular flexibility index (Phi) is 4.70. The molecule has 0 amide bonds. The highest BCUT2D eigenvalue weighted by atomic mass is 35.5. The standard InChI is InChI=1S/C26H17ClFNO/c27-23-15-25-19(14-24(23)28)10-12-20(29-25)11-6-16-5-7-18-9-8-17-3-1-2-4-21(17)26(30)22(18)13-16/h1-15,26,30H/b11-6+. The van der Waals surface area contributed by atoms with Gasteiger partial charge in [0.2, 0.25) is 0 Å². The van der Waals surface area contributed by atoms with Crippen LogP contribution in [0.15, 0.2) is 66.7 Å². The molecule has 4 heteroatoms. The van der Waals surface area contributed by atoms with E-state index in [2.05, 4.69) is 4.98 Å². The molecule has 1 heterocycles. The highest BCUT2D eigenvalue weighted by molar-refractivity contribution is 6.31. The first-order valence-corrected chi connectivity index (χ1v) is 9.99. The first-order valence-electron chi connectivity index (χ1n) is 9.61. The Balaban J connectivity index is 1.49. The van der Waals surface area contributed by atoms with Crippen molar-refractivity contribution in [3.8, 4) is 0 Å². The Labute approximate surface area is 178 Å². The molecule has 0 fully saturated rings. The lowest BCUT2D eigenvalue weighted by Gasteiger charge is -2.15. The molecule has 0 bridgehead atoms. The van der Waals surface area contributed by atoms with Crippen LogP contribution in [0, 0.1) is 5.82 Å². The zero-order chi connectivity index (χ0) is 20.7. The van der Waals surface area contributed by atoms with E-state index in [0.29, 0.717) is 10.9 Å². The van der Waals surface area contributed by atoms with Gasteiger partial charge in [-0.3, -0.25) is 0 Å². The number of pyridine rings is 1. The molecule has 2 nitrogen and oxygen atoms in total. The zero-order valence-corrected chi connectivity index (χ0v) is 16.6. The maximum absolute atomic E-state index is 13.6. The van der Waals surface area contributed by atoms with Crippen molar-refractivity contribution in [1.29, 1.82) is 0 Å².